The molecule has 6 nitrogen and oxygen atoms in total. The van der Waals surface area contributed by atoms with Crippen molar-refractivity contribution in [2.24, 2.45) is 0 Å². The molecule has 0 spiro atoms. The third kappa shape index (κ3) is 7.35. The lowest BCUT2D eigenvalue weighted by atomic mass is 10.1. The number of carbonyl (C=O) groups excluding carboxylic acids is 1. The molecule has 0 aliphatic rings. The Bertz CT molecular complexity index is 849. The Morgan fingerprint density at radius 3 is 2.08 bits per heavy atom. The van der Waals surface area contributed by atoms with E-state index in [2.05, 4.69) is 16.3 Å². The van der Waals surface area contributed by atoms with Crippen molar-refractivity contribution >= 4 is 32.8 Å². The predicted octanol–water partition coefficient (Wildman–Crippen LogP) is 2.74. The molecule has 0 saturated heterocycles. The third-order valence-corrected chi connectivity index (χ3v) is 4.89. The minimum Gasteiger partial charge on any atom is -0.480 e. The molecule has 2 aromatic rings. The summed E-state index contributed by atoms with van der Waals surface area (Å²) in [6.45, 7) is 2.96. The number of nitrogens with one attached hydrogen (secondary N) is 1. The summed E-state index contributed by atoms with van der Waals surface area (Å²) in [4.78, 5) is 20.7. The lowest BCUT2D eigenvalue weighted by Crippen LogP contribution is -2.42. The quantitative estimate of drug-likeness (QED) is 0.730. The Labute approximate surface area is 157 Å². The van der Waals surface area contributed by atoms with E-state index in [1.807, 2.05) is 6.07 Å². The van der Waals surface area contributed by atoms with Crippen molar-refractivity contribution in [3.8, 4) is 0 Å². The van der Waals surface area contributed by atoms with Crippen molar-refractivity contribution in [1.82, 2.24) is 4.72 Å². The van der Waals surface area contributed by atoms with Crippen LogP contribution in [0.3, 0.4) is 0 Å². The van der Waals surface area contributed by atoms with Crippen molar-refractivity contribution < 1.29 is 23.1 Å². The van der Waals surface area contributed by atoms with Crippen molar-refractivity contribution in [2.45, 2.75) is 31.2 Å². The molecule has 0 radical (unpaired) electrons. The van der Waals surface area contributed by atoms with E-state index in [1.165, 1.54) is 13.0 Å². The zero-order chi connectivity index (χ0) is 19.7. The highest BCUT2D eigenvalue weighted by Gasteiger charge is 2.26. The highest BCUT2D eigenvalue weighted by atomic mass is 35.5. The molecule has 0 aliphatic carbocycles. The molecule has 8 heteroatoms. The summed E-state index contributed by atoms with van der Waals surface area (Å²) in [5.74, 6) is -1.21. The Kier molecular flexibility index (Phi) is 8.44. The van der Waals surface area contributed by atoms with Gasteiger partial charge in [-0.3, -0.25) is 9.59 Å². The molecule has 2 aromatic carbocycles. The van der Waals surface area contributed by atoms with Crippen molar-refractivity contribution in [3.63, 3.8) is 0 Å². The van der Waals surface area contributed by atoms with Crippen LogP contribution in [-0.2, 0) is 26.0 Å². The molecule has 2 rings (SSSR count). The summed E-state index contributed by atoms with van der Waals surface area (Å²) in [6, 6.07) is 14.1. The fraction of sp³-hybridized carbons (Fsp3) is 0.222. The molecule has 0 bridgehead atoms. The molecule has 0 amide bonds. The fourth-order valence-corrected chi connectivity index (χ4v) is 3.57. The van der Waals surface area contributed by atoms with Gasteiger partial charge in [0.1, 0.15) is 6.04 Å². The van der Waals surface area contributed by atoms with E-state index in [-0.39, 0.29) is 16.6 Å². The number of aryl methyl sites for hydroxylation is 1. The van der Waals surface area contributed by atoms with Gasteiger partial charge in [-0.15, -0.1) is 0 Å². The number of sulfonamides is 1. The Hall–Kier alpha value is -2.22. The van der Waals surface area contributed by atoms with E-state index in [4.69, 9.17) is 0 Å². The Balaban J connectivity index is 0.000000765. The Morgan fingerprint density at radius 1 is 1.08 bits per heavy atom. The van der Waals surface area contributed by atoms with E-state index in [0.29, 0.717) is 5.56 Å². The highest BCUT2D eigenvalue weighted by molar-refractivity contribution is 7.89. The third-order valence-electron chi connectivity index (χ3n) is 3.26. The van der Waals surface area contributed by atoms with Crippen LogP contribution < -0.4 is 4.72 Å². The van der Waals surface area contributed by atoms with Crippen LogP contribution in [0.25, 0.3) is 0 Å². The largest absolute Gasteiger partial charge is 0.480 e. The van der Waals surface area contributed by atoms with Crippen LogP contribution in [0.1, 0.15) is 18.1 Å². The van der Waals surface area contributed by atoms with Crippen LogP contribution >= 0.6 is 11.6 Å². The smallest absolute Gasteiger partial charge is 0.322 e. The molecule has 0 fully saturated rings. The molecule has 26 heavy (non-hydrogen) atoms. The zero-order valence-electron chi connectivity index (χ0n) is 14.3. The van der Waals surface area contributed by atoms with Gasteiger partial charge in [-0.05, 0) is 42.1 Å². The molecule has 0 heterocycles. The first-order valence-electron chi connectivity index (χ1n) is 7.64. The topological polar surface area (TPSA) is 101 Å². The SMILES string of the molecule is CC(=O)Cl.Cc1ccccc1S(=O)(=O)NC(Cc1ccccc1)C(=O)O. The summed E-state index contributed by atoms with van der Waals surface area (Å²) >= 11 is 4.64. The maximum Gasteiger partial charge on any atom is 0.322 e. The fourth-order valence-electron chi connectivity index (χ4n) is 2.14. The second-order valence-electron chi connectivity index (χ2n) is 5.44. The number of aliphatic carboxylic acids is 1. The maximum absolute atomic E-state index is 12.4. The molecule has 0 aromatic heterocycles. The second-order valence-corrected chi connectivity index (χ2v) is 7.65. The number of carboxylic acids is 1. The maximum atomic E-state index is 12.4. The van der Waals surface area contributed by atoms with Gasteiger partial charge in [-0.25, -0.2) is 8.42 Å². The normalized spacial score (nSPS) is 11.8. The zero-order valence-corrected chi connectivity index (χ0v) is 15.9. The van der Waals surface area contributed by atoms with Gasteiger partial charge in [-0.2, -0.15) is 4.72 Å². The van der Waals surface area contributed by atoms with Crippen LogP contribution in [0.2, 0.25) is 0 Å². The van der Waals surface area contributed by atoms with Gasteiger partial charge in [0.05, 0.1) is 4.90 Å². The molecule has 0 aliphatic heterocycles. The van der Waals surface area contributed by atoms with E-state index in [9.17, 15) is 23.1 Å². The van der Waals surface area contributed by atoms with Gasteiger partial charge in [-0.1, -0.05) is 48.5 Å². The molecular weight excluding hydrogens is 378 g/mol. The summed E-state index contributed by atoms with van der Waals surface area (Å²) in [5.41, 5.74) is 1.32. The summed E-state index contributed by atoms with van der Waals surface area (Å²) < 4.78 is 27.0. The van der Waals surface area contributed by atoms with Crippen LogP contribution in [0, 0.1) is 6.92 Å². The number of carbonyl (C=O) groups is 2. The van der Waals surface area contributed by atoms with Crippen LogP contribution in [0.15, 0.2) is 59.5 Å². The summed E-state index contributed by atoms with van der Waals surface area (Å²) in [7, 11) is -3.89. The first-order chi connectivity index (χ1) is 12.1. The Morgan fingerprint density at radius 2 is 1.58 bits per heavy atom. The van der Waals surface area contributed by atoms with Crippen LogP contribution in [0.4, 0.5) is 0 Å². The average Bonchev–Trinajstić information content (AvgIpc) is 2.54. The molecule has 1 atom stereocenters. The monoisotopic (exact) mass is 397 g/mol. The van der Waals surface area contributed by atoms with Gasteiger partial charge in [0.25, 0.3) is 0 Å². The first-order valence-corrected chi connectivity index (χ1v) is 9.50. The van der Waals surface area contributed by atoms with Gasteiger partial charge < -0.3 is 5.11 Å². The first kappa shape index (κ1) is 21.8. The molecular formula is C18H20ClNO5S. The van der Waals surface area contributed by atoms with Crippen molar-refractivity contribution in [3.05, 3.63) is 65.7 Å². The van der Waals surface area contributed by atoms with E-state index < -0.39 is 22.0 Å². The van der Waals surface area contributed by atoms with Crippen molar-refractivity contribution in [1.29, 1.82) is 0 Å². The predicted molar refractivity (Wildman–Crippen MR) is 99.6 cm³/mol. The molecule has 2 N–H and O–H groups in total. The standard InChI is InChI=1S/C16H17NO4S.C2H3ClO/c1-12-7-5-6-10-15(12)22(20,21)17-14(16(18)19)11-13-8-3-2-4-9-13;1-2(3)4/h2-10,14,17H,11H2,1H3,(H,18,19);1H3. The number of hydrogen-bond acceptors (Lipinski definition) is 4. The van der Waals surface area contributed by atoms with Gasteiger partial charge in [0.15, 0.2) is 0 Å². The lowest BCUT2D eigenvalue weighted by molar-refractivity contribution is -0.138. The number of hydrogen-bond donors (Lipinski definition) is 2. The minimum absolute atomic E-state index is 0.0846. The lowest BCUT2D eigenvalue weighted by Gasteiger charge is -2.16. The number of halogens is 1. The molecule has 140 valence electrons. The summed E-state index contributed by atoms with van der Waals surface area (Å²) in [6.07, 6.45) is 0.0846. The number of rotatable bonds is 6. The number of benzene rings is 2. The van der Waals surface area contributed by atoms with E-state index in [0.717, 1.165) is 5.56 Å². The summed E-state index contributed by atoms with van der Waals surface area (Å²) in [5, 5.41) is 8.93. The second kappa shape index (κ2) is 10.1. The van der Waals surface area contributed by atoms with Gasteiger partial charge in [0, 0.05) is 6.92 Å². The van der Waals surface area contributed by atoms with Gasteiger partial charge >= 0.3 is 5.97 Å². The average molecular weight is 398 g/mol. The molecule has 1 unspecified atom stereocenters. The van der Waals surface area contributed by atoms with Gasteiger partial charge in [0.2, 0.25) is 15.3 Å². The van der Waals surface area contributed by atoms with Crippen LogP contribution in [-0.4, -0.2) is 30.8 Å². The molecule has 0 saturated carbocycles. The van der Waals surface area contributed by atoms with Crippen molar-refractivity contribution in [2.75, 3.05) is 0 Å². The number of carboxylic acid groups (broad SMARTS) is 1. The van der Waals surface area contributed by atoms with E-state index >= 15 is 0 Å². The van der Waals surface area contributed by atoms with E-state index in [1.54, 1.807) is 49.4 Å². The van der Waals surface area contributed by atoms with Crippen LogP contribution in [0.5, 0.6) is 0 Å². The highest BCUT2D eigenvalue weighted by Crippen LogP contribution is 2.15. The minimum atomic E-state index is -3.89.